The molecule has 0 radical (unpaired) electrons. The Hall–Kier alpha value is -2.20. The summed E-state index contributed by atoms with van der Waals surface area (Å²) in [6.45, 7) is 0. The van der Waals surface area contributed by atoms with Crippen molar-refractivity contribution in [3.05, 3.63) is 63.5 Å². The minimum atomic E-state index is -0.981. The summed E-state index contributed by atoms with van der Waals surface area (Å²) in [6, 6.07) is 11.8. The van der Waals surface area contributed by atoms with E-state index in [1.165, 1.54) is 34.6 Å². The molecule has 0 spiro atoms. The zero-order valence-corrected chi connectivity index (χ0v) is 18.2. The molecule has 7 nitrogen and oxygen atoms in total. The van der Waals surface area contributed by atoms with Crippen LogP contribution in [0.4, 0.5) is 10.6 Å². The van der Waals surface area contributed by atoms with Gasteiger partial charge in [0.2, 0.25) is 6.23 Å². The van der Waals surface area contributed by atoms with Gasteiger partial charge in [-0.05, 0) is 24.3 Å². The summed E-state index contributed by atoms with van der Waals surface area (Å²) < 4.78 is 16.3. The zero-order valence-electron chi connectivity index (χ0n) is 15.8. The second kappa shape index (κ2) is 9.30. The molecule has 2 aliphatic heterocycles. The summed E-state index contributed by atoms with van der Waals surface area (Å²) in [5.41, 5.74) is 0. The second-order valence-corrected chi connectivity index (χ2v) is 8.85. The van der Waals surface area contributed by atoms with Gasteiger partial charge >= 0.3 is 6.16 Å². The molecule has 0 aliphatic carbocycles. The van der Waals surface area contributed by atoms with Crippen LogP contribution in [0.1, 0.15) is 0 Å². The topological polar surface area (TPSA) is 78.0 Å². The number of carbonyl (C=O) groups excluding carboxylic acids is 2. The van der Waals surface area contributed by atoms with E-state index in [2.05, 4.69) is 4.98 Å². The van der Waals surface area contributed by atoms with Crippen molar-refractivity contribution < 1.29 is 23.8 Å². The number of anilines is 1. The van der Waals surface area contributed by atoms with Crippen molar-refractivity contribution in [3.8, 4) is 5.75 Å². The lowest BCUT2D eigenvalue weighted by Crippen LogP contribution is -2.40. The smallest absolute Gasteiger partial charge is 0.404 e. The summed E-state index contributed by atoms with van der Waals surface area (Å²) >= 11 is 8.76. The highest BCUT2D eigenvalue weighted by atomic mass is 35.5. The number of ether oxygens (including phenoxy) is 3. The van der Waals surface area contributed by atoms with Crippen LogP contribution >= 0.6 is 35.1 Å². The van der Waals surface area contributed by atoms with Crippen LogP contribution in [0.25, 0.3) is 0 Å². The van der Waals surface area contributed by atoms with Crippen molar-refractivity contribution in [1.82, 2.24) is 4.98 Å². The number of thioether (sulfide) groups is 2. The maximum Gasteiger partial charge on any atom is 0.516 e. The van der Waals surface area contributed by atoms with Crippen LogP contribution in [-0.4, -0.2) is 48.0 Å². The maximum atomic E-state index is 13.2. The number of para-hydroxylation sites is 1. The van der Waals surface area contributed by atoms with Gasteiger partial charge in [-0.15, -0.1) is 23.5 Å². The number of carbonyl (C=O) groups is 2. The number of nitrogens with zero attached hydrogens (tertiary/aromatic N) is 2. The Bertz CT molecular complexity index is 971. The fourth-order valence-corrected chi connectivity index (χ4v) is 5.72. The standard InChI is InChI=1S/C20H17ClN2O5S2/c1-26-14-10-29-16-17(30-11-14)19(28-20(25)27-13-5-3-2-4-6-13)23(18(16)24)15-8-7-12(21)9-22-15/h2-9,14,19H,10-11H2,1H3. The molecule has 0 saturated heterocycles. The van der Waals surface area contributed by atoms with E-state index in [1.807, 2.05) is 6.07 Å². The number of hydrogen-bond donors (Lipinski definition) is 0. The van der Waals surface area contributed by atoms with Crippen LogP contribution in [0, 0.1) is 0 Å². The van der Waals surface area contributed by atoms with Gasteiger partial charge in [0.15, 0.2) is 0 Å². The Morgan fingerprint density at radius 1 is 1.17 bits per heavy atom. The number of amides is 1. The first-order chi connectivity index (χ1) is 14.6. The quantitative estimate of drug-likeness (QED) is 0.488. The molecule has 1 amide bonds. The van der Waals surface area contributed by atoms with Gasteiger partial charge in [-0.25, -0.2) is 14.7 Å². The number of halogens is 1. The number of rotatable bonds is 4. The molecule has 0 bridgehead atoms. The number of pyridine rings is 1. The maximum absolute atomic E-state index is 13.2. The molecule has 2 atom stereocenters. The molecule has 2 aliphatic rings. The minimum Gasteiger partial charge on any atom is -0.404 e. The summed E-state index contributed by atoms with van der Waals surface area (Å²) in [4.78, 5) is 32.5. The molecule has 10 heteroatoms. The third-order valence-corrected chi connectivity index (χ3v) is 7.21. The lowest BCUT2D eigenvalue weighted by Gasteiger charge is -2.26. The van der Waals surface area contributed by atoms with E-state index >= 15 is 0 Å². The van der Waals surface area contributed by atoms with Crippen LogP contribution in [0.2, 0.25) is 5.02 Å². The molecule has 3 heterocycles. The fraction of sp³-hybridized carbons (Fsp3) is 0.250. The Morgan fingerprint density at radius 2 is 1.93 bits per heavy atom. The molecule has 1 aromatic carbocycles. The predicted molar refractivity (Wildman–Crippen MR) is 117 cm³/mol. The van der Waals surface area contributed by atoms with E-state index < -0.39 is 12.4 Å². The molecule has 156 valence electrons. The summed E-state index contributed by atoms with van der Waals surface area (Å²) in [6.07, 6.45) is -0.471. The zero-order chi connectivity index (χ0) is 21.1. The highest BCUT2D eigenvalue weighted by Crippen LogP contribution is 2.44. The Kier molecular flexibility index (Phi) is 6.52. The molecule has 2 aromatic rings. The first kappa shape index (κ1) is 21.0. The van der Waals surface area contributed by atoms with Crippen LogP contribution in [-0.2, 0) is 14.3 Å². The van der Waals surface area contributed by atoms with Gasteiger partial charge in [0, 0.05) is 24.8 Å². The van der Waals surface area contributed by atoms with Crippen molar-refractivity contribution >= 4 is 53.0 Å². The molecule has 30 heavy (non-hydrogen) atoms. The third kappa shape index (κ3) is 4.44. The Balaban J connectivity index is 1.62. The number of hydrogen-bond acceptors (Lipinski definition) is 8. The largest absolute Gasteiger partial charge is 0.516 e. The molecule has 0 fully saturated rings. The average Bonchev–Trinajstić information content (AvgIpc) is 2.89. The summed E-state index contributed by atoms with van der Waals surface area (Å²) in [5, 5.41) is 0.438. The van der Waals surface area contributed by atoms with Crippen LogP contribution in [0.3, 0.4) is 0 Å². The van der Waals surface area contributed by atoms with Gasteiger partial charge in [-0.1, -0.05) is 29.8 Å². The van der Waals surface area contributed by atoms with Crippen molar-refractivity contribution in [2.45, 2.75) is 12.3 Å². The number of aromatic nitrogens is 1. The Morgan fingerprint density at radius 3 is 2.63 bits per heavy atom. The normalized spacial score (nSPS) is 21.3. The number of methoxy groups -OCH3 is 1. The highest BCUT2D eigenvalue weighted by Gasteiger charge is 2.45. The van der Waals surface area contributed by atoms with Gasteiger partial charge in [-0.3, -0.25) is 4.79 Å². The summed E-state index contributed by atoms with van der Waals surface area (Å²) in [7, 11) is 1.64. The van der Waals surface area contributed by atoms with Gasteiger partial charge in [0.1, 0.15) is 11.6 Å². The van der Waals surface area contributed by atoms with Crippen LogP contribution in [0.15, 0.2) is 58.5 Å². The van der Waals surface area contributed by atoms with E-state index in [0.717, 1.165) is 0 Å². The molecule has 2 unspecified atom stereocenters. The molecular formula is C20H17ClN2O5S2. The lowest BCUT2D eigenvalue weighted by atomic mass is 10.3. The second-order valence-electron chi connectivity index (χ2n) is 6.32. The van der Waals surface area contributed by atoms with Gasteiger partial charge in [-0.2, -0.15) is 0 Å². The first-order valence-corrected chi connectivity index (χ1v) is 11.3. The fourth-order valence-electron chi connectivity index (χ4n) is 2.90. The van der Waals surface area contributed by atoms with E-state index in [4.69, 9.17) is 25.8 Å². The van der Waals surface area contributed by atoms with Gasteiger partial charge in [0.25, 0.3) is 5.91 Å². The van der Waals surface area contributed by atoms with E-state index in [1.54, 1.807) is 43.5 Å². The number of benzene rings is 1. The van der Waals surface area contributed by atoms with Crippen LogP contribution in [0.5, 0.6) is 5.75 Å². The van der Waals surface area contributed by atoms with Crippen LogP contribution < -0.4 is 9.64 Å². The molecule has 0 N–H and O–H groups in total. The van der Waals surface area contributed by atoms with Gasteiger partial charge < -0.3 is 14.2 Å². The molecular weight excluding hydrogens is 448 g/mol. The monoisotopic (exact) mass is 464 g/mol. The van der Waals surface area contributed by atoms with Crippen molar-refractivity contribution in [2.75, 3.05) is 23.5 Å². The SMILES string of the molecule is COC1CSC2=C(SC1)C(OC(=O)Oc1ccccc1)N(c1ccc(Cl)cn1)C2=O. The lowest BCUT2D eigenvalue weighted by molar-refractivity contribution is -0.115. The van der Waals surface area contributed by atoms with E-state index in [9.17, 15) is 9.59 Å². The van der Waals surface area contributed by atoms with E-state index in [0.29, 0.717) is 37.9 Å². The van der Waals surface area contributed by atoms with Crippen molar-refractivity contribution in [1.29, 1.82) is 0 Å². The van der Waals surface area contributed by atoms with Crippen molar-refractivity contribution in [2.24, 2.45) is 0 Å². The molecule has 0 saturated carbocycles. The predicted octanol–water partition coefficient (Wildman–Crippen LogP) is 4.33. The molecule has 4 rings (SSSR count). The Labute approximate surface area is 186 Å². The van der Waals surface area contributed by atoms with Gasteiger partial charge in [0.05, 0.1) is 20.9 Å². The summed E-state index contributed by atoms with van der Waals surface area (Å²) in [5.74, 6) is 1.65. The highest BCUT2D eigenvalue weighted by molar-refractivity contribution is 8.08. The van der Waals surface area contributed by atoms with E-state index in [-0.39, 0.29) is 12.0 Å². The minimum absolute atomic E-state index is 0.0163. The molecule has 1 aromatic heterocycles. The average molecular weight is 465 g/mol. The third-order valence-electron chi connectivity index (χ3n) is 4.38. The van der Waals surface area contributed by atoms with Crippen molar-refractivity contribution in [3.63, 3.8) is 0 Å². The first-order valence-electron chi connectivity index (χ1n) is 8.98.